The molecule has 0 radical (unpaired) electrons. The molecule has 5 nitrogen and oxygen atoms in total. The van der Waals surface area contributed by atoms with Crippen LogP contribution in [0.15, 0.2) is 64.3 Å². The van der Waals surface area contributed by atoms with Gasteiger partial charge in [-0.05, 0) is 29.8 Å². The van der Waals surface area contributed by atoms with E-state index >= 15 is 0 Å². The normalized spacial score (nSPS) is 14.0. The molecule has 0 saturated carbocycles. The molecule has 1 fully saturated rings. The lowest BCUT2D eigenvalue weighted by atomic mass is 10.1. The number of amides is 1. The number of ether oxygens (including phenoxy) is 1. The maximum Gasteiger partial charge on any atom is 0.255 e. The molecule has 1 aliphatic heterocycles. The van der Waals surface area contributed by atoms with Crippen LogP contribution in [0, 0.1) is 0 Å². The van der Waals surface area contributed by atoms with E-state index in [0.29, 0.717) is 6.54 Å². The molecule has 0 bridgehead atoms. The summed E-state index contributed by atoms with van der Waals surface area (Å²) in [4.78, 5) is 22.6. The summed E-state index contributed by atoms with van der Waals surface area (Å²) in [6.07, 6.45) is 0. The lowest BCUT2D eigenvalue weighted by Crippen LogP contribution is -2.36. The minimum atomic E-state index is 0.0358. The quantitative estimate of drug-likeness (QED) is 0.506. The first-order valence-electron chi connectivity index (χ1n) is 9.97. The second-order valence-corrected chi connectivity index (χ2v) is 8.93. The van der Waals surface area contributed by atoms with Crippen LogP contribution in [-0.2, 0) is 17.0 Å². The van der Waals surface area contributed by atoms with Gasteiger partial charge in [-0.1, -0.05) is 24.3 Å². The Labute approximate surface area is 185 Å². The number of hydrogen-bond donors (Lipinski definition) is 0. The Morgan fingerprint density at radius 3 is 2.67 bits per heavy atom. The Bertz CT molecular complexity index is 955. The van der Waals surface area contributed by atoms with Gasteiger partial charge in [-0.2, -0.15) is 0 Å². The van der Waals surface area contributed by atoms with Crippen molar-refractivity contribution in [3.05, 3.63) is 76.2 Å². The molecular formula is C23H25N3O2S2. The van der Waals surface area contributed by atoms with Crippen molar-refractivity contribution in [1.29, 1.82) is 0 Å². The van der Waals surface area contributed by atoms with Gasteiger partial charge in [0.25, 0.3) is 5.91 Å². The van der Waals surface area contributed by atoms with Crippen molar-refractivity contribution in [3.8, 4) is 0 Å². The molecule has 1 amide bonds. The molecule has 156 valence electrons. The van der Waals surface area contributed by atoms with E-state index in [-0.39, 0.29) is 5.91 Å². The van der Waals surface area contributed by atoms with Gasteiger partial charge in [0.15, 0.2) is 0 Å². The summed E-state index contributed by atoms with van der Waals surface area (Å²) in [6.45, 7) is 3.98. The molecule has 0 atom stereocenters. The number of hydrogen-bond acceptors (Lipinski definition) is 6. The molecule has 0 N–H and O–H groups in total. The van der Waals surface area contributed by atoms with Crippen molar-refractivity contribution in [3.63, 3.8) is 0 Å². The largest absolute Gasteiger partial charge is 0.378 e. The Hall–Kier alpha value is -2.35. The summed E-state index contributed by atoms with van der Waals surface area (Å²) in [5.74, 6) is 0.800. The zero-order chi connectivity index (χ0) is 20.8. The van der Waals surface area contributed by atoms with Gasteiger partial charge in [0.1, 0.15) is 0 Å². The smallest absolute Gasteiger partial charge is 0.255 e. The van der Waals surface area contributed by atoms with Crippen molar-refractivity contribution >= 4 is 34.7 Å². The molecular weight excluding hydrogens is 414 g/mol. The van der Waals surface area contributed by atoms with Gasteiger partial charge < -0.3 is 14.5 Å². The van der Waals surface area contributed by atoms with Gasteiger partial charge in [0.05, 0.1) is 30.0 Å². The zero-order valence-electron chi connectivity index (χ0n) is 17.0. The number of morpholine rings is 1. The van der Waals surface area contributed by atoms with E-state index in [4.69, 9.17) is 4.74 Å². The maximum atomic E-state index is 13.1. The molecule has 1 aliphatic rings. The Kier molecular flexibility index (Phi) is 7.04. The molecule has 0 aliphatic carbocycles. The summed E-state index contributed by atoms with van der Waals surface area (Å²) in [6, 6.07) is 16.3. The average Bonchev–Trinajstić information content (AvgIpc) is 3.32. The van der Waals surface area contributed by atoms with Crippen molar-refractivity contribution in [2.45, 2.75) is 17.2 Å². The lowest BCUT2D eigenvalue weighted by molar-refractivity contribution is 0.0781. The predicted molar refractivity (Wildman–Crippen MR) is 123 cm³/mol. The molecule has 1 aromatic heterocycles. The van der Waals surface area contributed by atoms with E-state index in [9.17, 15) is 4.79 Å². The third kappa shape index (κ3) is 5.22. The number of benzene rings is 2. The van der Waals surface area contributed by atoms with Crippen LogP contribution < -0.4 is 4.90 Å². The molecule has 2 heterocycles. The highest BCUT2D eigenvalue weighted by atomic mass is 32.2. The minimum Gasteiger partial charge on any atom is -0.378 e. The standard InChI is InChI=1S/C23H25N3O2S2/c1-25(14-18-6-8-20(9-7-18)26-10-12-28-13-11-26)23(27)21-4-2-3-5-22(21)30-16-19-15-29-17-24-19/h2-9,15,17H,10-14,16H2,1H3. The highest BCUT2D eigenvalue weighted by Crippen LogP contribution is 2.27. The first-order valence-corrected chi connectivity index (χ1v) is 11.9. The molecule has 0 unspecified atom stereocenters. The molecule has 4 rings (SSSR count). The minimum absolute atomic E-state index is 0.0358. The molecule has 2 aromatic carbocycles. The van der Waals surface area contributed by atoms with Crippen LogP contribution in [-0.4, -0.2) is 49.1 Å². The van der Waals surface area contributed by atoms with Gasteiger partial charge >= 0.3 is 0 Å². The summed E-state index contributed by atoms with van der Waals surface area (Å²) in [5, 5.41) is 2.05. The molecule has 0 spiro atoms. The van der Waals surface area contributed by atoms with Crippen LogP contribution >= 0.6 is 23.1 Å². The van der Waals surface area contributed by atoms with E-state index in [0.717, 1.165) is 53.8 Å². The predicted octanol–water partition coefficient (Wildman–Crippen LogP) is 4.54. The number of rotatable bonds is 7. The third-order valence-corrected chi connectivity index (χ3v) is 6.80. The van der Waals surface area contributed by atoms with Crippen LogP contribution in [0.2, 0.25) is 0 Å². The molecule has 30 heavy (non-hydrogen) atoms. The van der Waals surface area contributed by atoms with Crippen LogP contribution in [0.1, 0.15) is 21.6 Å². The molecule has 7 heteroatoms. The highest BCUT2D eigenvalue weighted by Gasteiger charge is 2.17. The van der Waals surface area contributed by atoms with E-state index in [1.807, 2.05) is 42.2 Å². The van der Waals surface area contributed by atoms with Crippen LogP contribution in [0.4, 0.5) is 5.69 Å². The fraction of sp³-hybridized carbons (Fsp3) is 0.304. The molecule has 3 aromatic rings. The fourth-order valence-electron chi connectivity index (χ4n) is 3.41. The van der Waals surface area contributed by atoms with E-state index in [1.54, 1.807) is 28.0 Å². The average molecular weight is 440 g/mol. The monoisotopic (exact) mass is 439 g/mol. The van der Waals surface area contributed by atoms with E-state index in [1.165, 1.54) is 5.69 Å². The van der Waals surface area contributed by atoms with Gasteiger partial charge in [-0.15, -0.1) is 23.1 Å². The summed E-state index contributed by atoms with van der Waals surface area (Å²) >= 11 is 3.25. The Morgan fingerprint density at radius 1 is 1.17 bits per heavy atom. The maximum absolute atomic E-state index is 13.1. The number of carbonyl (C=O) groups is 1. The van der Waals surface area contributed by atoms with E-state index in [2.05, 4.69) is 34.1 Å². The second-order valence-electron chi connectivity index (χ2n) is 7.19. The summed E-state index contributed by atoms with van der Waals surface area (Å²) < 4.78 is 5.42. The lowest BCUT2D eigenvalue weighted by Gasteiger charge is -2.29. The van der Waals surface area contributed by atoms with Gasteiger partial charge in [0, 0.05) is 48.4 Å². The van der Waals surface area contributed by atoms with Gasteiger partial charge in [0.2, 0.25) is 0 Å². The Morgan fingerprint density at radius 2 is 1.93 bits per heavy atom. The van der Waals surface area contributed by atoms with Crippen molar-refractivity contribution in [2.24, 2.45) is 0 Å². The SMILES string of the molecule is CN(Cc1ccc(N2CCOCC2)cc1)C(=O)c1ccccc1SCc1cscn1. The first-order chi connectivity index (χ1) is 14.7. The highest BCUT2D eigenvalue weighted by molar-refractivity contribution is 7.98. The van der Waals surface area contributed by atoms with Crippen molar-refractivity contribution in [1.82, 2.24) is 9.88 Å². The number of nitrogens with zero attached hydrogens (tertiary/aromatic N) is 3. The number of aromatic nitrogens is 1. The number of thioether (sulfide) groups is 1. The van der Waals surface area contributed by atoms with Crippen LogP contribution in [0.25, 0.3) is 0 Å². The number of carbonyl (C=O) groups excluding carboxylic acids is 1. The zero-order valence-corrected chi connectivity index (χ0v) is 18.6. The van der Waals surface area contributed by atoms with E-state index < -0.39 is 0 Å². The number of thiazole rings is 1. The number of anilines is 1. The third-order valence-electron chi connectivity index (χ3n) is 5.06. The summed E-state index contributed by atoms with van der Waals surface area (Å²) in [7, 11) is 1.86. The second kappa shape index (κ2) is 10.1. The summed E-state index contributed by atoms with van der Waals surface area (Å²) in [5.41, 5.74) is 5.95. The van der Waals surface area contributed by atoms with Crippen LogP contribution in [0.3, 0.4) is 0 Å². The first kappa shape index (κ1) is 20.9. The van der Waals surface area contributed by atoms with Crippen molar-refractivity contribution < 1.29 is 9.53 Å². The topological polar surface area (TPSA) is 45.7 Å². The Balaban J connectivity index is 1.40. The van der Waals surface area contributed by atoms with Gasteiger partial charge in [-0.25, -0.2) is 4.98 Å². The van der Waals surface area contributed by atoms with Crippen molar-refractivity contribution in [2.75, 3.05) is 38.3 Å². The van der Waals surface area contributed by atoms with Gasteiger partial charge in [-0.3, -0.25) is 4.79 Å². The fourth-order valence-corrected chi connectivity index (χ4v) is 5.03. The molecule has 1 saturated heterocycles. The van der Waals surface area contributed by atoms with Crippen LogP contribution in [0.5, 0.6) is 0 Å².